The maximum Gasteiger partial charge on any atom is 0.295 e. The third-order valence-corrected chi connectivity index (χ3v) is 7.21. The van der Waals surface area contributed by atoms with Crippen LogP contribution in [0.5, 0.6) is 5.75 Å². The number of nitrogens with zero attached hydrogens (tertiary/aromatic N) is 1. The minimum absolute atomic E-state index is 0.0169. The number of aryl methyl sites for hydroxylation is 1. The van der Waals surface area contributed by atoms with Crippen molar-refractivity contribution in [3.8, 4) is 5.75 Å². The van der Waals surface area contributed by atoms with Crippen molar-refractivity contribution in [2.24, 2.45) is 0 Å². The highest BCUT2D eigenvalue weighted by Gasteiger charge is 2.47. The van der Waals surface area contributed by atoms with E-state index in [0.717, 1.165) is 5.56 Å². The second kappa shape index (κ2) is 8.51. The molecule has 0 saturated carbocycles. The predicted molar refractivity (Wildman–Crippen MR) is 122 cm³/mol. The Morgan fingerprint density at radius 1 is 0.938 bits per heavy atom. The van der Waals surface area contributed by atoms with Gasteiger partial charge in [-0.25, -0.2) is 8.42 Å². The number of para-hydroxylation sites is 1. The molecule has 0 aliphatic carbocycles. The number of hydrogen-bond donors (Lipinski definition) is 1. The quantitative estimate of drug-likeness (QED) is 0.588. The van der Waals surface area contributed by atoms with E-state index in [0.29, 0.717) is 23.6 Å². The van der Waals surface area contributed by atoms with Gasteiger partial charge in [0.05, 0.1) is 11.5 Å². The van der Waals surface area contributed by atoms with Gasteiger partial charge in [-0.2, -0.15) is 0 Å². The van der Waals surface area contributed by atoms with E-state index < -0.39 is 27.5 Å². The van der Waals surface area contributed by atoms with Crippen LogP contribution in [0.3, 0.4) is 0 Å². The van der Waals surface area contributed by atoms with Crippen LogP contribution in [0.25, 0.3) is 0 Å². The number of benzene rings is 3. The van der Waals surface area contributed by atoms with Crippen LogP contribution in [-0.2, 0) is 14.6 Å². The van der Waals surface area contributed by atoms with E-state index in [1.54, 1.807) is 66.7 Å². The van der Waals surface area contributed by atoms with Gasteiger partial charge < -0.3 is 9.84 Å². The van der Waals surface area contributed by atoms with Crippen molar-refractivity contribution in [2.45, 2.75) is 24.8 Å². The molecule has 0 radical (unpaired) electrons. The Morgan fingerprint density at radius 2 is 1.56 bits per heavy atom. The number of aliphatic hydroxyl groups is 1. The number of carbonyl (C=O) groups is 1. The van der Waals surface area contributed by atoms with Crippen molar-refractivity contribution in [1.82, 2.24) is 0 Å². The molecule has 0 bridgehead atoms. The Bertz CT molecular complexity index is 1260. The number of anilines is 1. The van der Waals surface area contributed by atoms with Crippen LogP contribution in [-0.4, -0.2) is 26.0 Å². The Labute approximate surface area is 187 Å². The molecule has 0 saturated heterocycles. The number of hydrogen-bond acceptors (Lipinski definition) is 5. The molecule has 0 unspecified atom stereocenters. The number of amides is 1. The molecule has 164 valence electrons. The van der Waals surface area contributed by atoms with E-state index in [4.69, 9.17) is 4.74 Å². The number of aliphatic hydroxyl groups excluding tert-OH is 1. The third kappa shape index (κ3) is 3.76. The van der Waals surface area contributed by atoms with Crippen molar-refractivity contribution < 1.29 is 23.1 Å². The van der Waals surface area contributed by atoms with Gasteiger partial charge >= 0.3 is 0 Å². The second-order valence-corrected chi connectivity index (χ2v) is 9.36. The largest absolute Gasteiger partial charge is 0.502 e. The van der Waals surface area contributed by atoms with Gasteiger partial charge in [0.15, 0.2) is 5.76 Å². The summed E-state index contributed by atoms with van der Waals surface area (Å²) in [6, 6.07) is 20.9. The summed E-state index contributed by atoms with van der Waals surface area (Å²) in [5.41, 5.74) is 1.93. The standard InChI is InChI=1S/C25H23NO5S/c1-3-31-20-13-11-18(12-14-20)22-24(32(29,30)21-15-9-17(2)10-16-21)23(27)25(28)26(22)19-7-5-4-6-8-19/h4-16,22,27H,3H2,1-2H3/t22-/m0/s1. The van der Waals surface area contributed by atoms with Crippen molar-refractivity contribution >= 4 is 21.4 Å². The minimum atomic E-state index is -4.16. The van der Waals surface area contributed by atoms with E-state index in [9.17, 15) is 18.3 Å². The van der Waals surface area contributed by atoms with Gasteiger partial charge in [0.1, 0.15) is 16.7 Å². The van der Waals surface area contributed by atoms with Crippen LogP contribution in [0.4, 0.5) is 5.69 Å². The first-order valence-electron chi connectivity index (χ1n) is 10.2. The monoisotopic (exact) mass is 449 g/mol. The van der Waals surface area contributed by atoms with Gasteiger partial charge in [-0.15, -0.1) is 0 Å². The molecule has 0 fully saturated rings. The average Bonchev–Trinajstić information content (AvgIpc) is 3.06. The number of rotatable bonds is 6. The molecule has 3 aromatic rings. The topological polar surface area (TPSA) is 83.9 Å². The highest BCUT2D eigenvalue weighted by atomic mass is 32.2. The molecule has 0 aromatic heterocycles. The first-order chi connectivity index (χ1) is 15.3. The zero-order chi connectivity index (χ0) is 22.9. The summed E-state index contributed by atoms with van der Waals surface area (Å²) in [7, 11) is -4.16. The van der Waals surface area contributed by atoms with Crippen LogP contribution >= 0.6 is 0 Å². The summed E-state index contributed by atoms with van der Waals surface area (Å²) < 4.78 is 32.7. The first kappa shape index (κ1) is 21.6. The fraction of sp³-hybridized carbons (Fsp3) is 0.160. The molecule has 1 aliphatic heterocycles. The van der Waals surface area contributed by atoms with Crippen molar-refractivity contribution in [1.29, 1.82) is 0 Å². The summed E-state index contributed by atoms with van der Waals surface area (Å²) in [6.45, 7) is 4.21. The molecule has 1 atom stereocenters. The number of sulfone groups is 1. The molecule has 1 heterocycles. The lowest BCUT2D eigenvalue weighted by Crippen LogP contribution is -2.31. The van der Waals surface area contributed by atoms with E-state index >= 15 is 0 Å². The van der Waals surface area contributed by atoms with Gasteiger partial charge in [-0.05, 0) is 55.8 Å². The summed E-state index contributed by atoms with van der Waals surface area (Å²) in [6.07, 6.45) is 0. The molecular weight excluding hydrogens is 426 g/mol. The normalized spacial score (nSPS) is 16.5. The fourth-order valence-electron chi connectivity index (χ4n) is 3.77. The number of carbonyl (C=O) groups excluding carboxylic acids is 1. The summed E-state index contributed by atoms with van der Waals surface area (Å²) in [5.74, 6) is -0.905. The van der Waals surface area contributed by atoms with Crippen LogP contribution in [0.2, 0.25) is 0 Å². The van der Waals surface area contributed by atoms with Crippen molar-refractivity contribution in [2.75, 3.05) is 11.5 Å². The molecule has 1 amide bonds. The highest BCUT2D eigenvalue weighted by Crippen LogP contribution is 2.45. The lowest BCUT2D eigenvalue weighted by molar-refractivity contribution is -0.117. The van der Waals surface area contributed by atoms with Gasteiger partial charge in [-0.3, -0.25) is 9.69 Å². The van der Waals surface area contributed by atoms with E-state index in [-0.39, 0.29) is 9.80 Å². The zero-order valence-corrected chi connectivity index (χ0v) is 18.5. The van der Waals surface area contributed by atoms with Gasteiger partial charge in [0.2, 0.25) is 9.84 Å². The lowest BCUT2D eigenvalue weighted by atomic mass is 10.1. The summed E-state index contributed by atoms with van der Waals surface area (Å²) in [4.78, 5) is 14.1. The second-order valence-electron chi connectivity index (χ2n) is 7.44. The molecule has 0 spiro atoms. The molecule has 7 heteroatoms. The van der Waals surface area contributed by atoms with Gasteiger partial charge in [0.25, 0.3) is 5.91 Å². The maximum atomic E-state index is 13.6. The molecule has 1 N–H and O–H groups in total. The van der Waals surface area contributed by atoms with Gasteiger partial charge in [0, 0.05) is 5.69 Å². The first-order valence-corrected chi connectivity index (χ1v) is 11.7. The SMILES string of the molecule is CCOc1ccc([C@H]2C(S(=O)(=O)c3ccc(C)cc3)=C(O)C(=O)N2c2ccccc2)cc1. The fourth-order valence-corrected chi connectivity index (χ4v) is 5.40. The predicted octanol–water partition coefficient (Wildman–Crippen LogP) is 4.73. The van der Waals surface area contributed by atoms with E-state index in [2.05, 4.69) is 0 Å². The highest BCUT2D eigenvalue weighted by molar-refractivity contribution is 7.95. The average molecular weight is 450 g/mol. The third-order valence-electron chi connectivity index (χ3n) is 5.32. The zero-order valence-electron chi connectivity index (χ0n) is 17.7. The van der Waals surface area contributed by atoms with Crippen molar-refractivity contribution in [3.63, 3.8) is 0 Å². The van der Waals surface area contributed by atoms with Crippen molar-refractivity contribution in [3.05, 3.63) is 101 Å². The lowest BCUT2D eigenvalue weighted by Gasteiger charge is -2.27. The van der Waals surface area contributed by atoms with Crippen LogP contribution in [0, 0.1) is 6.92 Å². The minimum Gasteiger partial charge on any atom is -0.502 e. The van der Waals surface area contributed by atoms with E-state index in [1.165, 1.54) is 17.0 Å². The Balaban J connectivity index is 1.89. The Morgan fingerprint density at radius 3 is 2.16 bits per heavy atom. The van der Waals surface area contributed by atoms with Gasteiger partial charge in [-0.1, -0.05) is 48.0 Å². The molecule has 6 nitrogen and oxygen atoms in total. The molecular formula is C25H23NO5S. The molecule has 4 rings (SSSR count). The summed E-state index contributed by atoms with van der Waals surface area (Å²) in [5, 5.41) is 10.8. The molecule has 3 aromatic carbocycles. The Hall–Kier alpha value is -3.58. The van der Waals surface area contributed by atoms with Crippen LogP contribution in [0.15, 0.2) is 94.4 Å². The smallest absolute Gasteiger partial charge is 0.295 e. The van der Waals surface area contributed by atoms with Crippen LogP contribution in [0.1, 0.15) is 24.1 Å². The maximum absolute atomic E-state index is 13.6. The molecule has 1 aliphatic rings. The van der Waals surface area contributed by atoms with Crippen LogP contribution < -0.4 is 9.64 Å². The Kier molecular flexibility index (Phi) is 5.76. The summed E-state index contributed by atoms with van der Waals surface area (Å²) >= 11 is 0. The van der Waals surface area contributed by atoms with E-state index in [1.807, 2.05) is 13.8 Å². The number of ether oxygens (including phenoxy) is 1. The molecule has 32 heavy (non-hydrogen) atoms.